The van der Waals surface area contributed by atoms with Gasteiger partial charge in [0.1, 0.15) is 0 Å². The highest BCUT2D eigenvalue weighted by Gasteiger charge is 2.32. The molecule has 4 heteroatoms. The summed E-state index contributed by atoms with van der Waals surface area (Å²) in [7, 11) is 0. The van der Waals surface area contributed by atoms with Crippen molar-refractivity contribution < 1.29 is 14.4 Å². The zero-order valence-corrected chi connectivity index (χ0v) is 12.7. The number of hydrogen-bond donors (Lipinski definition) is 1. The summed E-state index contributed by atoms with van der Waals surface area (Å²) in [5.74, 6) is -0.911. The summed E-state index contributed by atoms with van der Waals surface area (Å²) in [6.45, 7) is 5.85. The van der Waals surface area contributed by atoms with Crippen molar-refractivity contribution in [3.05, 3.63) is 82.4 Å². The second kappa shape index (κ2) is 5.65. The van der Waals surface area contributed by atoms with E-state index >= 15 is 0 Å². The van der Waals surface area contributed by atoms with E-state index < -0.39 is 0 Å². The second-order valence-electron chi connectivity index (χ2n) is 5.57. The standard InChI is InChI=1S/C19H15NO3/c1-11(2)10-20-19(23)15-9-5-8-14-16(15)18(22)13-7-4-3-6-12(13)17(14)21/h3-9H,1,10H2,2H3,(H,20,23). The van der Waals surface area contributed by atoms with Crippen LogP contribution in [0, 0.1) is 0 Å². The van der Waals surface area contributed by atoms with E-state index in [9.17, 15) is 14.4 Å². The fourth-order valence-corrected chi connectivity index (χ4v) is 2.66. The van der Waals surface area contributed by atoms with Crippen molar-refractivity contribution in [3.63, 3.8) is 0 Å². The van der Waals surface area contributed by atoms with Gasteiger partial charge in [0, 0.05) is 28.8 Å². The van der Waals surface area contributed by atoms with Crippen molar-refractivity contribution in [2.75, 3.05) is 6.54 Å². The van der Waals surface area contributed by atoms with Gasteiger partial charge < -0.3 is 5.32 Å². The Balaban J connectivity index is 2.11. The molecule has 0 saturated carbocycles. The number of benzene rings is 2. The summed E-state index contributed by atoms with van der Waals surface area (Å²) in [5.41, 5.74) is 2.19. The molecule has 0 saturated heterocycles. The van der Waals surface area contributed by atoms with Crippen molar-refractivity contribution >= 4 is 17.5 Å². The van der Waals surface area contributed by atoms with Gasteiger partial charge in [0.2, 0.25) is 0 Å². The quantitative estimate of drug-likeness (QED) is 0.757. The van der Waals surface area contributed by atoms with Crippen LogP contribution >= 0.6 is 0 Å². The summed E-state index contributed by atoms with van der Waals surface area (Å²) in [4.78, 5) is 37.7. The number of ketones is 2. The highest BCUT2D eigenvalue weighted by atomic mass is 16.2. The molecule has 1 aliphatic rings. The number of carbonyl (C=O) groups excluding carboxylic acids is 3. The predicted octanol–water partition coefficient (Wildman–Crippen LogP) is 2.77. The van der Waals surface area contributed by atoms with E-state index in [0.29, 0.717) is 17.7 Å². The maximum Gasteiger partial charge on any atom is 0.252 e. The number of carbonyl (C=O) groups is 3. The van der Waals surface area contributed by atoms with Gasteiger partial charge in [0.05, 0.1) is 5.56 Å². The molecule has 1 amide bonds. The number of nitrogens with one attached hydrogen (secondary N) is 1. The summed E-state index contributed by atoms with van der Waals surface area (Å²) in [6, 6.07) is 11.4. The molecular weight excluding hydrogens is 290 g/mol. The Labute approximate surface area is 133 Å². The highest BCUT2D eigenvalue weighted by molar-refractivity contribution is 6.30. The minimum atomic E-state index is -0.384. The van der Waals surface area contributed by atoms with Gasteiger partial charge in [-0.3, -0.25) is 14.4 Å². The minimum Gasteiger partial charge on any atom is -0.348 e. The third-order valence-electron chi connectivity index (χ3n) is 3.75. The molecule has 4 nitrogen and oxygen atoms in total. The largest absolute Gasteiger partial charge is 0.348 e. The molecule has 0 atom stereocenters. The molecule has 0 aromatic heterocycles. The SMILES string of the molecule is C=C(C)CNC(=O)c1cccc2c1C(=O)c1ccccc1C2=O. The van der Waals surface area contributed by atoms with Crippen molar-refractivity contribution in [1.29, 1.82) is 0 Å². The van der Waals surface area contributed by atoms with Gasteiger partial charge in [-0.1, -0.05) is 48.6 Å². The lowest BCUT2D eigenvalue weighted by Gasteiger charge is -2.19. The van der Waals surface area contributed by atoms with Crippen LogP contribution in [-0.2, 0) is 0 Å². The highest BCUT2D eigenvalue weighted by Crippen LogP contribution is 2.29. The van der Waals surface area contributed by atoms with Gasteiger partial charge in [-0.15, -0.1) is 0 Å². The Bertz CT molecular complexity index is 865. The first-order valence-electron chi connectivity index (χ1n) is 7.24. The van der Waals surface area contributed by atoms with Gasteiger partial charge in [0.25, 0.3) is 5.91 Å². The summed E-state index contributed by atoms with van der Waals surface area (Å²) < 4.78 is 0. The smallest absolute Gasteiger partial charge is 0.252 e. The van der Waals surface area contributed by atoms with E-state index in [1.54, 1.807) is 49.4 Å². The Hall–Kier alpha value is -3.01. The zero-order chi connectivity index (χ0) is 16.6. The molecular formula is C19H15NO3. The van der Waals surface area contributed by atoms with E-state index in [1.807, 2.05) is 0 Å². The van der Waals surface area contributed by atoms with E-state index in [1.165, 1.54) is 0 Å². The lowest BCUT2D eigenvalue weighted by molar-refractivity contribution is 0.0940. The molecule has 3 rings (SSSR count). The summed E-state index contributed by atoms with van der Waals surface area (Å²) >= 11 is 0. The molecule has 0 aliphatic heterocycles. The van der Waals surface area contributed by atoms with Gasteiger partial charge in [0.15, 0.2) is 11.6 Å². The summed E-state index contributed by atoms with van der Waals surface area (Å²) in [5, 5.41) is 2.71. The van der Waals surface area contributed by atoms with Crippen LogP contribution in [0.1, 0.15) is 49.1 Å². The van der Waals surface area contributed by atoms with E-state index in [2.05, 4.69) is 11.9 Å². The van der Waals surface area contributed by atoms with Gasteiger partial charge in [-0.05, 0) is 13.0 Å². The Morgan fingerprint density at radius 3 is 2.22 bits per heavy atom. The molecule has 0 spiro atoms. The van der Waals surface area contributed by atoms with E-state index in [0.717, 1.165) is 5.57 Å². The van der Waals surface area contributed by atoms with Crippen LogP contribution in [0.2, 0.25) is 0 Å². The molecule has 114 valence electrons. The van der Waals surface area contributed by atoms with Crippen LogP contribution in [0.3, 0.4) is 0 Å². The first-order valence-corrected chi connectivity index (χ1v) is 7.24. The Morgan fingerprint density at radius 2 is 1.57 bits per heavy atom. The average Bonchev–Trinajstić information content (AvgIpc) is 2.57. The van der Waals surface area contributed by atoms with Crippen LogP contribution < -0.4 is 5.32 Å². The van der Waals surface area contributed by atoms with E-state index in [-0.39, 0.29) is 34.2 Å². The second-order valence-corrected chi connectivity index (χ2v) is 5.57. The number of fused-ring (bicyclic) bond motifs is 2. The molecule has 2 aromatic rings. The lowest BCUT2D eigenvalue weighted by atomic mass is 9.81. The minimum absolute atomic E-state index is 0.176. The number of amides is 1. The van der Waals surface area contributed by atoms with Crippen molar-refractivity contribution in [1.82, 2.24) is 5.32 Å². The third kappa shape index (κ3) is 2.48. The van der Waals surface area contributed by atoms with Crippen molar-refractivity contribution in [2.24, 2.45) is 0 Å². The molecule has 0 unspecified atom stereocenters. The van der Waals surface area contributed by atoms with Crippen molar-refractivity contribution in [3.8, 4) is 0 Å². The monoisotopic (exact) mass is 305 g/mol. The first-order chi connectivity index (χ1) is 11.0. The lowest BCUT2D eigenvalue weighted by Crippen LogP contribution is -2.30. The molecule has 1 aliphatic carbocycles. The van der Waals surface area contributed by atoms with Crippen LogP contribution in [0.15, 0.2) is 54.6 Å². The average molecular weight is 305 g/mol. The molecule has 0 heterocycles. The van der Waals surface area contributed by atoms with Crippen LogP contribution in [0.25, 0.3) is 0 Å². The maximum atomic E-state index is 12.8. The number of rotatable bonds is 3. The molecule has 2 aromatic carbocycles. The normalized spacial score (nSPS) is 12.4. The molecule has 0 fully saturated rings. The topological polar surface area (TPSA) is 63.2 Å². The maximum absolute atomic E-state index is 12.8. The van der Waals surface area contributed by atoms with Gasteiger partial charge in [-0.2, -0.15) is 0 Å². The third-order valence-corrected chi connectivity index (χ3v) is 3.75. The molecule has 0 radical (unpaired) electrons. The van der Waals surface area contributed by atoms with E-state index in [4.69, 9.17) is 0 Å². The van der Waals surface area contributed by atoms with Crippen LogP contribution in [0.4, 0.5) is 0 Å². The zero-order valence-electron chi connectivity index (χ0n) is 12.7. The molecule has 1 N–H and O–H groups in total. The first kappa shape index (κ1) is 14.9. The number of hydrogen-bond acceptors (Lipinski definition) is 3. The molecule has 0 bridgehead atoms. The fraction of sp³-hybridized carbons (Fsp3) is 0.105. The van der Waals surface area contributed by atoms with Gasteiger partial charge >= 0.3 is 0 Å². The Morgan fingerprint density at radius 1 is 0.957 bits per heavy atom. The van der Waals surface area contributed by atoms with Gasteiger partial charge in [-0.25, -0.2) is 0 Å². The van der Waals surface area contributed by atoms with Crippen LogP contribution in [-0.4, -0.2) is 24.0 Å². The van der Waals surface area contributed by atoms with Crippen LogP contribution in [0.5, 0.6) is 0 Å². The Kier molecular flexibility index (Phi) is 3.66. The molecule has 23 heavy (non-hydrogen) atoms. The predicted molar refractivity (Wildman–Crippen MR) is 86.9 cm³/mol. The fourth-order valence-electron chi connectivity index (χ4n) is 2.66. The van der Waals surface area contributed by atoms with Crippen molar-refractivity contribution in [2.45, 2.75) is 6.92 Å². The summed E-state index contributed by atoms with van der Waals surface area (Å²) in [6.07, 6.45) is 0.